The van der Waals surface area contributed by atoms with E-state index in [1.165, 1.54) is 45.2 Å². The first-order valence-corrected chi connectivity index (χ1v) is 7.69. The Morgan fingerprint density at radius 2 is 2.00 bits per heavy atom. The topological polar surface area (TPSA) is 42.2 Å². The molecule has 1 saturated heterocycles. The van der Waals surface area contributed by atoms with Gasteiger partial charge in [0.25, 0.3) is 0 Å². The summed E-state index contributed by atoms with van der Waals surface area (Å²) < 4.78 is 0. The summed E-state index contributed by atoms with van der Waals surface area (Å²) in [4.78, 5) is 7.24. The highest BCUT2D eigenvalue weighted by Crippen LogP contribution is 2.37. The van der Waals surface area contributed by atoms with Crippen molar-refractivity contribution >= 4 is 5.82 Å². The maximum absolute atomic E-state index is 5.71. The van der Waals surface area contributed by atoms with Gasteiger partial charge < -0.3 is 10.6 Å². The zero-order valence-corrected chi connectivity index (χ0v) is 11.9. The van der Waals surface area contributed by atoms with Gasteiger partial charge in [0.05, 0.1) is 0 Å². The van der Waals surface area contributed by atoms with Crippen molar-refractivity contribution in [2.75, 3.05) is 18.0 Å². The number of aromatic nitrogens is 1. The smallest absolute Gasteiger partial charge is 0.128 e. The zero-order chi connectivity index (χ0) is 13.2. The summed E-state index contributed by atoms with van der Waals surface area (Å²) in [7, 11) is 0. The van der Waals surface area contributed by atoms with Gasteiger partial charge in [-0.05, 0) is 43.2 Å². The molecule has 2 unspecified atom stereocenters. The second-order valence-electron chi connectivity index (χ2n) is 6.16. The fourth-order valence-electron chi connectivity index (χ4n) is 3.78. The number of aryl methyl sites for hydroxylation is 1. The van der Waals surface area contributed by atoms with Crippen LogP contribution in [-0.2, 0) is 6.54 Å². The monoisotopic (exact) mass is 259 g/mol. The van der Waals surface area contributed by atoms with Crippen molar-refractivity contribution in [3.8, 4) is 0 Å². The lowest BCUT2D eigenvalue weighted by Gasteiger charge is -2.41. The van der Waals surface area contributed by atoms with Crippen molar-refractivity contribution in [1.29, 1.82) is 0 Å². The molecular weight excluding hydrogens is 234 g/mol. The number of hydrogen-bond acceptors (Lipinski definition) is 3. The molecule has 2 fully saturated rings. The van der Waals surface area contributed by atoms with E-state index < -0.39 is 0 Å². The molecule has 3 heteroatoms. The Morgan fingerprint density at radius 1 is 1.21 bits per heavy atom. The zero-order valence-electron chi connectivity index (χ0n) is 11.9. The molecule has 2 heterocycles. The van der Waals surface area contributed by atoms with Crippen LogP contribution in [0.1, 0.15) is 43.4 Å². The van der Waals surface area contributed by atoms with Crippen LogP contribution in [0.25, 0.3) is 0 Å². The van der Waals surface area contributed by atoms with E-state index in [9.17, 15) is 0 Å². The number of nitrogens with two attached hydrogens (primary N) is 1. The van der Waals surface area contributed by atoms with Gasteiger partial charge in [-0.15, -0.1) is 0 Å². The van der Waals surface area contributed by atoms with Gasteiger partial charge in [0.15, 0.2) is 0 Å². The van der Waals surface area contributed by atoms with Crippen LogP contribution in [-0.4, -0.2) is 18.1 Å². The Morgan fingerprint density at radius 3 is 2.74 bits per heavy atom. The van der Waals surface area contributed by atoms with Crippen molar-refractivity contribution in [2.24, 2.45) is 17.6 Å². The highest BCUT2D eigenvalue weighted by molar-refractivity contribution is 5.42. The number of nitrogens with zero attached hydrogens (tertiary/aromatic N) is 2. The molecule has 1 aromatic rings. The number of rotatable bonds is 2. The van der Waals surface area contributed by atoms with Crippen LogP contribution in [0, 0.1) is 18.8 Å². The maximum atomic E-state index is 5.71. The number of hydrogen-bond donors (Lipinski definition) is 1. The van der Waals surface area contributed by atoms with E-state index in [4.69, 9.17) is 10.7 Å². The summed E-state index contributed by atoms with van der Waals surface area (Å²) in [5, 5.41) is 0. The highest BCUT2D eigenvalue weighted by atomic mass is 15.2. The fourth-order valence-corrected chi connectivity index (χ4v) is 3.78. The van der Waals surface area contributed by atoms with Gasteiger partial charge in [-0.1, -0.05) is 25.3 Å². The summed E-state index contributed by atoms with van der Waals surface area (Å²) in [5.74, 6) is 3.03. The minimum atomic E-state index is 0.587. The Kier molecular flexibility index (Phi) is 3.74. The van der Waals surface area contributed by atoms with Gasteiger partial charge >= 0.3 is 0 Å². The Bertz CT molecular complexity index is 444. The van der Waals surface area contributed by atoms with Gasteiger partial charge in [-0.3, -0.25) is 0 Å². The third-order valence-corrected chi connectivity index (χ3v) is 5.02. The third-order valence-electron chi connectivity index (χ3n) is 5.02. The second-order valence-corrected chi connectivity index (χ2v) is 6.16. The standard InChI is InChI=1S/C16H25N3/c1-12-14(10-17)6-7-16(18-12)19-9-8-13-4-2-3-5-15(13)11-19/h6-7,13,15H,2-5,8-11,17H2,1H3. The molecule has 0 bridgehead atoms. The molecule has 2 aliphatic rings. The SMILES string of the molecule is Cc1nc(N2CCC3CCCCC3C2)ccc1CN. The fraction of sp³-hybridized carbons (Fsp3) is 0.688. The first kappa shape index (κ1) is 12.9. The normalized spacial score (nSPS) is 27.2. The summed E-state index contributed by atoms with van der Waals surface area (Å²) in [6, 6.07) is 4.29. The van der Waals surface area contributed by atoms with Crippen LogP contribution in [0.4, 0.5) is 5.82 Å². The van der Waals surface area contributed by atoms with Crippen LogP contribution >= 0.6 is 0 Å². The number of fused-ring (bicyclic) bond motifs is 1. The van der Waals surface area contributed by atoms with E-state index in [1.807, 2.05) is 0 Å². The molecule has 1 aromatic heterocycles. The molecule has 1 aliphatic carbocycles. The summed E-state index contributed by atoms with van der Waals surface area (Å²) >= 11 is 0. The van der Waals surface area contributed by atoms with Crippen molar-refractivity contribution < 1.29 is 0 Å². The van der Waals surface area contributed by atoms with E-state index in [0.717, 1.165) is 28.9 Å². The Labute approximate surface area is 116 Å². The van der Waals surface area contributed by atoms with E-state index in [1.54, 1.807) is 0 Å². The van der Waals surface area contributed by atoms with Crippen molar-refractivity contribution in [1.82, 2.24) is 4.98 Å². The van der Waals surface area contributed by atoms with E-state index >= 15 is 0 Å². The van der Waals surface area contributed by atoms with Gasteiger partial charge in [0.1, 0.15) is 5.82 Å². The van der Waals surface area contributed by atoms with Crippen molar-refractivity contribution in [2.45, 2.75) is 45.6 Å². The van der Waals surface area contributed by atoms with E-state index in [-0.39, 0.29) is 0 Å². The molecule has 1 saturated carbocycles. The molecule has 0 aromatic carbocycles. The average Bonchev–Trinajstić information content (AvgIpc) is 2.46. The molecule has 3 nitrogen and oxygen atoms in total. The van der Waals surface area contributed by atoms with Gasteiger partial charge in [-0.25, -0.2) is 4.98 Å². The van der Waals surface area contributed by atoms with Gasteiger partial charge in [0.2, 0.25) is 0 Å². The molecule has 2 N–H and O–H groups in total. The summed E-state index contributed by atoms with van der Waals surface area (Å²) in [5.41, 5.74) is 7.96. The summed E-state index contributed by atoms with van der Waals surface area (Å²) in [6.45, 7) is 5.04. The summed E-state index contributed by atoms with van der Waals surface area (Å²) in [6.07, 6.45) is 7.10. The largest absolute Gasteiger partial charge is 0.356 e. The van der Waals surface area contributed by atoms with E-state index in [0.29, 0.717) is 6.54 Å². The van der Waals surface area contributed by atoms with Crippen LogP contribution < -0.4 is 10.6 Å². The van der Waals surface area contributed by atoms with Crippen LogP contribution in [0.2, 0.25) is 0 Å². The van der Waals surface area contributed by atoms with Crippen LogP contribution in [0.5, 0.6) is 0 Å². The quantitative estimate of drug-likeness (QED) is 0.888. The molecule has 19 heavy (non-hydrogen) atoms. The third kappa shape index (κ3) is 2.62. The first-order valence-electron chi connectivity index (χ1n) is 7.69. The maximum Gasteiger partial charge on any atom is 0.128 e. The number of piperidine rings is 1. The minimum Gasteiger partial charge on any atom is -0.356 e. The predicted octanol–water partition coefficient (Wildman–Crippen LogP) is 2.87. The van der Waals surface area contributed by atoms with Crippen LogP contribution in [0.15, 0.2) is 12.1 Å². The van der Waals surface area contributed by atoms with Crippen molar-refractivity contribution in [3.63, 3.8) is 0 Å². The number of pyridine rings is 1. The molecule has 0 amide bonds. The molecular formula is C16H25N3. The molecule has 0 radical (unpaired) electrons. The van der Waals surface area contributed by atoms with Crippen molar-refractivity contribution in [3.05, 3.63) is 23.4 Å². The molecule has 1 aliphatic heterocycles. The van der Waals surface area contributed by atoms with Gasteiger partial charge in [0, 0.05) is 25.3 Å². The van der Waals surface area contributed by atoms with Crippen LogP contribution in [0.3, 0.4) is 0 Å². The lowest BCUT2D eigenvalue weighted by atomic mass is 9.75. The lowest BCUT2D eigenvalue weighted by molar-refractivity contribution is 0.202. The molecule has 3 rings (SSSR count). The molecule has 0 spiro atoms. The average molecular weight is 259 g/mol. The minimum absolute atomic E-state index is 0.587. The van der Waals surface area contributed by atoms with E-state index in [2.05, 4.69) is 24.0 Å². The lowest BCUT2D eigenvalue weighted by Crippen LogP contribution is -2.42. The predicted molar refractivity (Wildman–Crippen MR) is 79.1 cm³/mol. The molecule has 104 valence electrons. The van der Waals surface area contributed by atoms with Gasteiger partial charge in [-0.2, -0.15) is 0 Å². The highest BCUT2D eigenvalue weighted by Gasteiger charge is 2.31. The Hall–Kier alpha value is -1.09. The number of anilines is 1. The first-order chi connectivity index (χ1) is 9.28. The second kappa shape index (κ2) is 5.49. The molecule has 2 atom stereocenters. The Balaban J connectivity index is 1.74.